The molecule has 2 rings (SSSR count). The van der Waals surface area contributed by atoms with E-state index in [-0.39, 0.29) is 0 Å². The Bertz CT molecular complexity index is 426. The van der Waals surface area contributed by atoms with Crippen LogP contribution in [-0.2, 0) is 6.42 Å². The quantitative estimate of drug-likeness (QED) is 0.638. The van der Waals surface area contributed by atoms with Gasteiger partial charge in [-0.25, -0.2) is 0 Å². The lowest BCUT2D eigenvalue weighted by Crippen LogP contribution is -2.56. The van der Waals surface area contributed by atoms with E-state index >= 15 is 0 Å². The highest BCUT2D eigenvalue weighted by Crippen LogP contribution is 2.12. The van der Waals surface area contributed by atoms with Crippen molar-refractivity contribution < 1.29 is 0 Å². The van der Waals surface area contributed by atoms with Gasteiger partial charge in [-0.2, -0.15) is 0 Å². The van der Waals surface area contributed by atoms with Crippen LogP contribution in [-0.4, -0.2) is 48.1 Å². The second-order valence-corrected chi connectivity index (χ2v) is 6.50. The van der Waals surface area contributed by atoms with Crippen LogP contribution in [0.2, 0.25) is 0 Å². The van der Waals surface area contributed by atoms with Gasteiger partial charge in [-0.3, -0.25) is 4.90 Å². The normalized spacial score (nSPS) is 23.4. The zero-order valence-electron chi connectivity index (χ0n) is 12.2. The molecule has 0 aromatic heterocycles. The largest absolute Gasteiger partial charge is 0.311 e. The van der Waals surface area contributed by atoms with Crippen LogP contribution in [0.15, 0.2) is 30.3 Å². The van der Waals surface area contributed by atoms with Crippen molar-refractivity contribution in [1.29, 1.82) is 0 Å². The summed E-state index contributed by atoms with van der Waals surface area (Å²) in [4.78, 5) is 2.59. The highest BCUT2D eigenvalue weighted by molar-refractivity contribution is 7.99. The molecule has 1 fully saturated rings. The van der Waals surface area contributed by atoms with Gasteiger partial charge >= 0.3 is 0 Å². The topological polar surface area (TPSA) is 15.3 Å². The maximum Gasteiger partial charge on any atom is 0.0545 e. The molecule has 1 aromatic carbocycles. The molecule has 0 bridgehead atoms. The van der Waals surface area contributed by atoms with Gasteiger partial charge in [0.05, 0.1) is 5.75 Å². The van der Waals surface area contributed by atoms with E-state index in [2.05, 4.69) is 53.4 Å². The summed E-state index contributed by atoms with van der Waals surface area (Å²) in [6, 6.07) is 11.9. The molecule has 1 heterocycles. The lowest BCUT2D eigenvalue weighted by molar-refractivity contribution is 0.149. The molecule has 0 radical (unpaired) electrons. The Morgan fingerprint density at radius 1 is 1.40 bits per heavy atom. The second-order valence-electron chi connectivity index (χ2n) is 5.40. The first kappa shape index (κ1) is 15.4. The molecule has 2 unspecified atom stereocenters. The van der Waals surface area contributed by atoms with Crippen LogP contribution in [0.1, 0.15) is 12.5 Å². The fraction of sp³-hybridized carbons (Fsp3) is 0.529. The number of nitrogens with one attached hydrogen (secondary N) is 1. The number of benzene rings is 1. The van der Waals surface area contributed by atoms with Gasteiger partial charge in [-0.15, -0.1) is 18.2 Å². The molecule has 20 heavy (non-hydrogen) atoms. The Labute approximate surface area is 127 Å². The van der Waals surface area contributed by atoms with Gasteiger partial charge in [0.15, 0.2) is 0 Å². The van der Waals surface area contributed by atoms with Crippen LogP contribution in [0.25, 0.3) is 0 Å². The number of hydrogen-bond acceptors (Lipinski definition) is 3. The van der Waals surface area contributed by atoms with E-state index in [1.54, 1.807) is 0 Å². The lowest BCUT2D eigenvalue weighted by atomic mass is 10.0. The van der Waals surface area contributed by atoms with Crippen molar-refractivity contribution >= 4 is 11.8 Å². The second kappa shape index (κ2) is 8.36. The molecule has 1 aliphatic heterocycles. The predicted octanol–water partition coefficient (Wildman–Crippen LogP) is 2.26. The molecule has 2 nitrogen and oxygen atoms in total. The number of piperazine rings is 1. The Morgan fingerprint density at radius 2 is 2.20 bits per heavy atom. The van der Waals surface area contributed by atoms with E-state index in [4.69, 9.17) is 6.42 Å². The molecule has 3 heteroatoms. The van der Waals surface area contributed by atoms with Gasteiger partial charge in [0.2, 0.25) is 0 Å². The minimum atomic E-state index is 0.561. The van der Waals surface area contributed by atoms with Crippen LogP contribution in [0.4, 0.5) is 0 Å². The van der Waals surface area contributed by atoms with Crippen molar-refractivity contribution in [1.82, 2.24) is 10.2 Å². The third-order valence-electron chi connectivity index (χ3n) is 3.81. The molecule has 2 atom stereocenters. The highest BCUT2D eigenvalue weighted by atomic mass is 32.2. The van der Waals surface area contributed by atoms with Gasteiger partial charge in [-0.1, -0.05) is 36.3 Å². The molecule has 0 saturated carbocycles. The van der Waals surface area contributed by atoms with Crippen molar-refractivity contribution in [2.24, 2.45) is 0 Å². The Hall–Kier alpha value is -0.950. The Morgan fingerprint density at radius 3 is 2.95 bits per heavy atom. The van der Waals surface area contributed by atoms with Crippen LogP contribution in [0, 0.1) is 12.3 Å². The van der Waals surface area contributed by atoms with E-state index in [1.807, 2.05) is 11.8 Å². The molecule has 1 N–H and O–H groups in total. The average Bonchev–Trinajstić information content (AvgIpc) is 2.48. The molecule has 1 aromatic rings. The summed E-state index contributed by atoms with van der Waals surface area (Å²) in [6.45, 7) is 5.65. The van der Waals surface area contributed by atoms with Gasteiger partial charge in [0.1, 0.15) is 0 Å². The van der Waals surface area contributed by atoms with E-state index in [9.17, 15) is 0 Å². The SMILES string of the molecule is C#CCSCCN1CC(Cc2ccccc2)NCC1C. The molecule has 0 aliphatic carbocycles. The minimum Gasteiger partial charge on any atom is -0.311 e. The number of terminal acetylenes is 1. The molecule has 0 amide bonds. The van der Waals surface area contributed by atoms with Gasteiger partial charge in [0.25, 0.3) is 0 Å². The fourth-order valence-electron chi connectivity index (χ4n) is 2.65. The number of rotatable bonds is 6. The molecule has 0 spiro atoms. The average molecular weight is 288 g/mol. The van der Waals surface area contributed by atoms with E-state index in [0.717, 1.165) is 37.6 Å². The summed E-state index contributed by atoms with van der Waals surface area (Å²) >= 11 is 1.86. The molecular formula is C17H24N2S. The molecular weight excluding hydrogens is 264 g/mol. The smallest absolute Gasteiger partial charge is 0.0545 e. The van der Waals surface area contributed by atoms with Crippen LogP contribution < -0.4 is 5.32 Å². The van der Waals surface area contributed by atoms with Gasteiger partial charge < -0.3 is 5.32 Å². The molecule has 1 aliphatic rings. The fourth-order valence-corrected chi connectivity index (χ4v) is 3.28. The summed E-state index contributed by atoms with van der Waals surface area (Å²) in [7, 11) is 0. The summed E-state index contributed by atoms with van der Waals surface area (Å²) in [6.07, 6.45) is 6.40. The lowest BCUT2D eigenvalue weighted by Gasteiger charge is -2.39. The predicted molar refractivity (Wildman–Crippen MR) is 89.1 cm³/mol. The minimum absolute atomic E-state index is 0.561. The number of thioether (sulfide) groups is 1. The van der Waals surface area contributed by atoms with Crippen molar-refractivity contribution in [3.63, 3.8) is 0 Å². The first-order chi connectivity index (χ1) is 9.79. The maximum absolute atomic E-state index is 5.29. The van der Waals surface area contributed by atoms with Crippen molar-refractivity contribution in [2.45, 2.75) is 25.4 Å². The van der Waals surface area contributed by atoms with Crippen molar-refractivity contribution in [3.05, 3.63) is 35.9 Å². The van der Waals surface area contributed by atoms with E-state index in [1.165, 1.54) is 5.56 Å². The Balaban J connectivity index is 1.80. The molecule has 1 saturated heterocycles. The van der Waals surface area contributed by atoms with Gasteiger partial charge in [0, 0.05) is 37.5 Å². The van der Waals surface area contributed by atoms with Gasteiger partial charge in [-0.05, 0) is 18.9 Å². The number of nitrogens with zero attached hydrogens (tertiary/aromatic N) is 1. The Kier molecular flexibility index (Phi) is 6.46. The van der Waals surface area contributed by atoms with Crippen LogP contribution in [0.3, 0.4) is 0 Å². The molecule has 108 valence electrons. The zero-order valence-corrected chi connectivity index (χ0v) is 13.0. The maximum atomic E-state index is 5.29. The summed E-state index contributed by atoms with van der Waals surface area (Å²) in [5, 5.41) is 3.67. The van der Waals surface area contributed by atoms with E-state index < -0.39 is 0 Å². The summed E-state index contributed by atoms with van der Waals surface area (Å²) in [5.74, 6) is 4.65. The zero-order chi connectivity index (χ0) is 14.2. The van der Waals surface area contributed by atoms with E-state index in [0.29, 0.717) is 12.1 Å². The third-order valence-corrected chi connectivity index (χ3v) is 4.66. The monoisotopic (exact) mass is 288 g/mol. The first-order valence-electron chi connectivity index (χ1n) is 7.32. The first-order valence-corrected chi connectivity index (χ1v) is 8.47. The van der Waals surface area contributed by atoms with Crippen molar-refractivity contribution in [2.75, 3.05) is 31.1 Å². The third kappa shape index (κ3) is 4.86. The summed E-state index contributed by atoms with van der Waals surface area (Å²) in [5.41, 5.74) is 1.42. The standard InChI is InChI=1S/C17H24N2S/c1-3-10-20-11-9-19-14-17(18-13-15(19)2)12-16-7-5-4-6-8-16/h1,4-8,15,17-18H,9-14H2,2H3. The van der Waals surface area contributed by atoms with Crippen LogP contribution >= 0.6 is 11.8 Å². The number of hydrogen-bond donors (Lipinski definition) is 1. The van der Waals surface area contributed by atoms with Crippen molar-refractivity contribution in [3.8, 4) is 12.3 Å². The highest BCUT2D eigenvalue weighted by Gasteiger charge is 2.24. The summed E-state index contributed by atoms with van der Waals surface area (Å²) < 4.78 is 0. The van der Waals surface area contributed by atoms with Crippen LogP contribution in [0.5, 0.6) is 0 Å².